The summed E-state index contributed by atoms with van der Waals surface area (Å²) in [6.07, 6.45) is 2.22. The molecule has 0 aromatic heterocycles. The number of rotatable bonds is 8. The van der Waals surface area contributed by atoms with E-state index in [9.17, 15) is 4.79 Å². The molecule has 0 aromatic carbocycles. The fraction of sp³-hybridized carbons (Fsp3) is 0.917. The molecule has 0 aliphatic rings. The second-order valence-corrected chi connectivity index (χ2v) is 4.81. The molecule has 3 nitrogen and oxygen atoms in total. The Morgan fingerprint density at radius 1 is 1.20 bits per heavy atom. The molecule has 0 fully saturated rings. The van der Waals surface area contributed by atoms with Gasteiger partial charge in [0.25, 0.3) is 0 Å². The van der Waals surface area contributed by atoms with Crippen LogP contribution in [0.1, 0.15) is 47.0 Å². The van der Waals surface area contributed by atoms with Crippen molar-refractivity contribution in [2.45, 2.75) is 53.0 Å². The van der Waals surface area contributed by atoms with Gasteiger partial charge in [0, 0.05) is 12.5 Å². The summed E-state index contributed by atoms with van der Waals surface area (Å²) in [5.41, 5.74) is 0. The molecule has 0 aromatic rings. The van der Waals surface area contributed by atoms with E-state index in [2.05, 4.69) is 32.6 Å². The summed E-state index contributed by atoms with van der Waals surface area (Å²) in [5.74, 6) is 0.0216. The maximum absolute atomic E-state index is 10.4. The van der Waals surface area contributed by atoms with Crippen molar-refractivity contribution in [1.82, 2.24) is 4.90 Å². The summed E-state index contributed by atoms with van der Waals surface area (Å²) in [6, 6.07) is 0.512. The summed E-state index contributed by atoms with van der Waals surface area (Å²) in [7, 11) is 0. The monoisotopic (exact) mass is 215 g/mol. The summed E-state index contributed by atoms with van der Waals surface area (Å²) < 4.78 is 0. The fourth-order valence-corrected chi connectivity index (χ4v) is 1.49. The van der Waals surface area contributed by atoms with Gasteiger partial charge in [0.1, 0.15) is 0 Å². The van der Waals surface area contributed by atoms with E-state index in [1.54, 1.807) is 0 Å². The predicted octanol–water partition coefficient (Wildman–Crippen LogP) is 2.61. The zero-order chi connectivity index (χ0) is 11.8. The Morgan fingerprint density at radius 2 is 1.80 bits per heavy atom. The van der Waals surface area contributed by atoms with Gasteiger partial charge < -0.3 is 10.0 Å². The molecule has 0 rings (SSSR count). The molecule has 0 amide bonds. The van der Waals surface area contributed by atoms with Gasteiger partial charge >= 0.3 is 5.97 Å². The number of carboxylic acids is 1. The van der Waals surface area contributed by atoms with Gasteiger partial charge in [0.2, 0.25) is 0 Å². The Morgan fingerprint density at radius 3 is 2.20 bits per heavy atom. The molecule has 90 valence electrons. The average Bonchev–Trinajstić information content (AvgIpc) is 2.09. The molecule has 15 heavy (non-hydrogen) atoms. The molecule has 1 N–H and O–H groups in total. The quantitative estimate of drug-likeness (QED) is 0.676. The standard InChI is InChI=1S/C12H25NO2/c1-10(2)7-9-13(11(3)4)8-5-6-12(14)15/h10-11H,5-9H2,1-4H3,(H,14,15). The van der Waals surface area contributed by atoms with E-state index in [4.69, 9.17) is 5.11 Å². The van der Waals surface area contributed by atoms with Crippen molar-refractivity contribution < 1.29 is 9.90 Å². The van der Waals surface area contributed by atoms with Gasteiger partial charge in [-0.1, -0.05) is 13.8 Å². The third kappa shape index (κ3) is 8.43. The van der Waals surface area contributed by atoms with Crippen LogP contribution >= 0.6 is 0 Å². The highest BCUT2D eigenvalue weighted by atomic mass is 16.4. The maximum atomic E-state index is 10.4. The van der Waals surface area contributed by atoms with Crippen LogP contribution in [0.4, 0.5) is 0 Å². The molecule has 0 saturated carbocycles. The van der Waals surface area contributed by atoms with Crippen molar-refractivity contribution >= 4 is 5.97 Å². The molecular weight excluding hydrogens is 190 g/mol. The lowest BCUT2D eigenvalue weighted by molar-refractivity contribution is -0.137. The lowest BCUT2D eigenvalue weighted by Gasteiger charge is -2.26. The van der Waals surface area contributed by atoms with Crippen LogP contribution in [-0.2, 0) is 4.79 Å². The molecule has 0 heterocycles. The number of carboxylic acid groups (broad SMARTS) is 1. The average molecular weight is 215 g/mol. The lowest BCUT2D eigenvalue weighted by atomic mass is 10.1. The number of carbonyl (C=O) groups is 1. The molecule has 0 atom stereocenters. The van der Waals surface area contributed by atoms with Crippen molar-refractivity contribution in [3.05, 3.63) is 0 Å². The Bertz CT molecular complexity index is 178. The number of aliphatic carboxylic acids is 1. The minimum absolute atomic E-state index is 0.283. The van der Waals surface area contributed by atoms with E-state index in [0.717, 1.165) is 19.5 Å². The molecule has 0 aliphatic heterocycles. The van der Waals surface area contributed by atoms with Gasteiger partial charge in [-0.2, -0.15) is 0 Å². The second kappa shape index (κ2) is 7.69. The Hall–Kier alpha value is -0.570. The summed E-state index contributed by atoms with van der Waals surface area (Å²) in [4.78, 5) is 12.8. The SMILES string of the molecule is CC(C)CCN(CCCC(=O)O)C(C)C. The molecule has 0 saturated heterocycles. The predicted molar refractivity (Wildman–Crippen MR) is 63.0 cm³/mol. The molecule has 0 aliphatic carbocycles. The molecule has 0 radical (unpaired) electrons. The number of nitrogens with zero attached hydrogens (tertiary/aromatic N) is 1. The maximum Gasteiger partial charge on any atom is 0.303 e. The summed E-state index contributed by atoms with van der Waals surface area (Å²) in [6.45, 7) is 10.7. The van der Waals surface area contributed by atoms with Gasteiger partial charge in [-0.15, -0.1) is 0 Å². The highest BCUT2D eigenvalue weighted by Gasteiger charge is 2.10. The van der Waals surface area contributed by atoms with Crippen LogP contribution in [-0.4, -0.2) is 35.1 Å². The molecule has 0 bridgehead atoms. The van der Waals surface area contributed by atoms with Crippen molar-refractivity contribution in [1.29, 1.82) is 0 Å². The van der Waals surface area contributed by atoms with Crippen LogP contribution < -0.4 is 0 Å². The van der Waals surface area contributed by atoms with E-state index in [1.165, 1.54) is 6.42 Å². The first-order valence-electron chi connectivity index (χ1n) is 5.89. The van der Waals surface area contributed by atoms with Crippen LogP contribution in [0.3, 0.4) is 0 Å². The van der Waals surface area contributed by atoms with Crippen molar-refractivity contribution in [2.24, 2.45) is 5.92 Å². The topological polar surface area (TPSA) is 40.5 Å². The normalized spacial score (nSPS) is 11.7. The third-order valence-electron chi connectivity index (χ3n) is 2.56. The molecule has 0 unspecified atom stereocenters. The first-order valence-corrected chi connectivity index (χ1v) is 5.89. The second-order valence-electron chi connectivity index (χ2n) is 4.81. The van der Waals surface area contributed by atoms with E-state index in [-0.39, 0.29) is 6.42 Å². The summed E-state index contributed by atoms with van der Waals surface area (Å²) >= 11 is 0. The van der Waals surface area contributed by atoms with Gasteiger partial charge in [-0.3, -0.25) is 4.79 Å². The zero-order valence-electron chi connectivity index (χ0n) is 10.5. The van der Waals surface area contributed by atoms with Crippen molar-refractivity contribution in [3.8, 4) is 0 Å². The number of hydrogen-bond donors (Lipinski definition) is 1. The van der Waals surface area contributed by atoms with Crippen LogP contribution in [0.25, 0.3) is 0 Å². The van der Waals surface area contributed by atoms with Gasteiger partial charge in [-0.05, 0) is 45.7 Å². The highest BCUT2D eigenvalue weighted by Crippen LogP contribution is 2.07. The van der Waals surface area contributed by atoms with E-state index < -0.39 is 5.97 Å². The zero-order valence-corrected chi connectivity index (χ0v) is 10.5. The largest absolute Gasteiger partial charge is 0.481 e. The fourth-order valence-electron chi connectivity index (χ4n) is 1.49. The highest BCUT2D eigenvalue weighted by molar-refractivity contribution is 5.66. The van der Waals surface area contributed by atoms with Crippen LogP contribution in [0, 0.1) is 5.92 Å². The van der Waals surface area contributed by atoms with E-state index in [1.807, 2.05) is 0 Å². The Labute approximate surface area is 93.5 Å². The first-order chi connectivity index (χ1) is 6.93. The van der Waals surface area contributed by atoms with Gasteiger partial charge in [-0.25, -0.2) is 0 Å². The van der Waals surface area contributed by atoms with E-state index >= 15 is 0 Å². The first kappa shape index (κ1) is 14.4. The lowest BCUT2D eigenvalue weighted by Crippen LogP contribution is -2.33. The molecule has 3 heteroatoms. The van der Waals surface area contributed by atoms with Crippen LogP contribution in [0.2, 0.25) is 0 Å². The van der Waals surface area contributed by atoms with Gasteiger partial charge in [0.05, 0.1) is 0 Å². The Kier molecular flexibility index (Phi) is 7.39. The minimum atomic E-state index is -0.692. The smallest absolute Gasteiger partial charge is 0.303 e. The minimum Gasteiger partial charge on any atom is -0.481 e. The Balaban J connectivity index is 3.78. The molecular formula is C12H25NO2. The van der Waals surface area contributed by atoms with E-state index in [0.29, 0.717) is 12.0 Å². The van der Waals surface area contributed by atoms with Crippen molar-refractivity contribution in [2.75, 3.05) is 13.1 Å². The van der Waals surface area contributed by atoms with Crippen LogP contribution in [0.15, 0.2) is 0 Å². The van der Waals surface area contributed by atoms with Crippen molar-refractivity contribution in [3.63, 3.8) is 0 Å². The number of hydrogen-bond acceptors (Lipinski definition) is 2. The summed E-state index contributed by atoms with van der Waals surface area (Å²) in [5, 5.41) is 8.56. The van der Waals surface area contributed by atoms with Crippen LogP contribution in [0.5, 0.6) is 0 Å². The third-order valence-corrected chi connectivity index (χ3v) is 2.56. The molecule has 0 spiro atoms. The van der Waals surface area contributed by atoms with Gasteiger partial charge in [0.15, 0.2) is 0 Å².